The first kappa shape index (κ1) is 17.7. The quantitative estimate of drug-likeness (QED) is 0.878. The van der Waals surface area contributed by atoms with Gasteiger partial charge in [0.05, 0.1) is 30.6 Å². The summed E-state index contributed by atoms with van der Waals surface area (Å²) in [6, 6.07) is 10.2. The molecule has 1 N–H and O–H groups in total. The molecule has 1 atom stereocenters. The van der Waals surface area contributed by atoms with Gasteiger partial charge in [-0.1, -0.05) is 44.2 Å². The van der Waals surface area contributed by atoms with Gasteiger partial charge in [0.25, 0.3) is 5.91 Å². The highest BCUT2D eigenvalue weighted by Crippen LogP contribution is 2.21. The molecule has 0 radical (unpaired) electrons. The van der Waals surface area contributed by atoms with E-state index in [0.29, 0.717) is 24.6 Å². The van der Waals surface area contributed by atoms with Gasteiger partial charge in [-0.2, -0.15) is 5.10 Å². The number of nitrogens with one attached hydrogen (secondary N) is 1. The van der Waals surface area contributed by atoms with Gasteiger partial charge >= 0.3 is 0 Å². The van der Waals surface area contributed by atoms with Crippen molar-refractivity contribution in [2.45, 2.75) is 39.2 Å². The number of rotatable bonds is 6. The molecule has 0 bridgehead atoms. The maximum atomic E-state index is 12.7. The van der Waals surface area contributed by atoms with Crippen molar-refractivity contribution >= 4 is 5.91 Å². The molecule has 5 nitrogen and oxygen atoms in total. The van der Waals surface area contributed by atoms with Crippen LogP contribution >= 0.6 is 0 Å². The van der Waals surface area contributed by atoms with Crippen molar-refractivity contribution in [1.29, 1.82) is 0 Å². The second kappa shape index (κ2) is 8.30. The normalized spacial score (nSPS) is 17.6. The van der Waals surface area contributed by atoms with Crippen LogP contribution in [0, 0.1) is 5.92 Å². The van der Waals surface area contributed by atoms with E-state index in [4.69, 9.17) is 4.74 Å². The van der Waals surface area contributed by atoms with Gasteiger partial charge in [0.15, 0.2) is 0 Å². The molecular formula is C20H27N3O2. The minimum atomic E-state index is -0.0337. The summed E-state index contributed by atoms with van der Waals surface area (Å²) in [5.41, 5.74) is 2.85. The van der Waals surface area contributed by atoms with Gasteiger partial charge in [0.1, 0.15) is 0 Å². The highest BCUT2D eigenvalue weighted by Gasteiger charge is 2.21. The van der Waals surface area contributed by atoms with Crippen LogP contribution in [0.5, 0.6) is 0 Å². The molecule has 3 rings (SSSR count). The van der Waals surface area contributed by atoms with E-state index in [1.54, 1.807) is 6.20 Å². The highest BCUT2D eigenvalue weighted by molar-refractivity contribution is 5.95. The third-order valence-corrected chi connectivity index (χ3v) is 4.65. The van der Waals surface area contributed by atoms with Gasteiger partial charge in [-0.3, -0.25) is 9.48 Å². The molecule has 0 saturated carbocycles. The van der Waals surface area contributed by atoms with Crippen LogP contribution in [-0.2, 0) is 11.3 Å². The van der Waals surface area contributed by atoms with Crippen molar-refractivity contribution in [1.82, 2.24) is 15.1 Å². The first-order valence-corrected chi connectivity index (χ1v) is 9.10. The molecule has 1 saturated heterocycles. The lowest BCUT2D eigenvalue weighted by molar-refractivity contribution is 0.0536. The van der Waals surface area contributed by atoms with E-state index in [2.05, 4.69) is 36.4 Å². The molecule has 1 aliphatic rings. The predicted octanol–water partition coefficient (Wildman–Crippen LogP) is 3.21. The first-order chi connectivity index (χ1) is 12.1. The molecule has 0 spiro atoms. The summed E-state index contributed by atoms with van der Waals surface area (Å²) in [5, 5.41) is 7.55. The van der Waals surface area contributed by atoms with Gasteiger partial charge in [0.2, 0.25) is 0 Å². The number of carbonyl (C=O) groups is 1. The highest BCUT2D eigenvalue weighted by atomic mass is 16.5. The monoisotopic (exact) mass is 341 g/mol. The van der Waals surface area contributed by atoms with Gasteiger partial charge in [-0.05, 0) is 30.2 Å². The number of carbonyl (C=O) groups excluding carboxylic acids is 1. The number of hydrogen-bond acceptors (Lipinski definition) is 3. The maximum absolute atomic E-state index is 12.7. The fourth-order valence-electron chi connectivity index (χ4n) is 3.36. The van der Waals surface area contributed by atoms with Gasteiger partial charge in [-0.15, -0.1) is 0 Å². The largest absolute Gasteiger partial charge is 0.381 e. The smallest absolute Gasteiger partial charge is 0.254 e. The van der Waals surface area contributed by atoms with Crippen LogP contribution in [0.4, 0.5) is 0 Å². The Morgan fingerprint density at radius 2 is 2.16 bits per heavy atom. The van der Waals surface area contributed by atoms with Crippen LogP contribution in [0.1, 0.15) is 54.2 Å². The van der Waals surface area contributed by atoms with E-state index in [9.17, 15) is 4.79 Å². The molecule has 2 heterocycles. The summed E-state index contributed by atoms with van der Waals surface area (Å²) in [5.74, 6) is 0.609. The second-order valence-corrected chi connectivity index (χ2v) is 7.03. The Balaban J connectivity index is 1.71. The molecule has 2 aromatic rings. The first-order valence-electron chi connectivity index (χ1n) is 9.10. The predicted molar refractivity (Wildman–Crippen MR) is 97.7 cm³/mol. The molecule has 0 unspecified atom stereocenters. The van der Waals surface area contributed by atoms with Gasteiger partial charge in [0, 0.05) is 13.2 Å². The number of benzene rings is 1. The van der Waals surface area contributed by atoms with Crippen molar-refractivity contribution in [2.24, 2.45) is 5.92 Å². The Hall–Kier alpha value is -2.14. The van der Waals surface area contributed by atoms with E-state index in [1.165, 1.54) is 5.56 Å². The molecule has 5 heteroatoms. The Morgan fingerprint density at radius 3 is 2.84 bits per heavy atom. The number of amides is 1. The van der Waals surface area contributed by atoms with Crippen molar-refractivity contribution in [3.63, 3.8) is 0 Å². The molecule has 1 fully saturated rings. The van der Waals surface area contributed by atoms with E-state index in [1.807, 2.05) is 22.9 Å². The molecule has 1 aromatic heterocycles. The van der Waals surface area contributed by atoms with Crippen LogP contribution in [0.15, 0.2) is 36.5 Å². The Morgan fingerprint density at radius 1 is 1.36 bits per heavy atom. The SMILES string of the molecule is CC(C)c1c(C(=O)NC[C@@H]2CCCOC2)cnn1Cc1ccccc1. The van der Waals surface area contributed by atoms with Crippen LogP contribution in [0.25, 0.3) is 0 Å². The van der Waals surface area contributed by atoms with Crippen molar-refractivity contribution < 1.29 is 9.53 Å². The number of ether oxygens (including phenoxy) is 1. The van der Waals surface area contributed by atoms with Crippen LogP contribution < -0.4 is 5.32 Å². The van der Waals surface area contributed by atoms with E-state index < -0.39 is 0 Å². The lowest BCUT2D eigenvalue weighted by Crippen LogP contribution is -2.33. The van der Waals surface area contributed by atoms with Crippen LogP contribution in [0.2, 0.25) is 0 Å². The lowest BCUT2D eigenvalue weighted by atomic mass is 10.0. The summed E-state index contributed by atoms with van der Waals surface area (Å²) in [6.07, 6.45) is 3.89. The minimum Gasteiger partial charge on any atom is -0.381 e. The Bertz CT molecular complexity index is 688. The summed E-state index contributed by atoms with van der Waals surface area (Å²) in [4.78, 5) is 12.7. The van der Waals surface area contributed by atoms with Crippen molar-refractivity contribution in [3.05, 3.63) is 53.3 Å². The molecule has 1 aromatic carbocycles. The number of nitrogens with zero attached hydrogens (tertiary/aromatic N) is 2. The average Bonchev–Trinajstić information content (AvgIpc) is 3.05. The zero-order valence-electron chi connectivity index (χ0n) is 15.1. The topological polar surface area (TPSA) is 56.1 Å². The molecule has 1 aliphatic heterocycles. The number of aromatic nitrogens is 2. The third-order valence-electron chi connectivity index (χ3n) is 4.65. The Kier molecular flexibility index (Phi) is 5.87. The maximum Gasteiger partial charge on any atom is 0.254 e. The van der Waals surface area contributed by atoms with Gasteiger partial charge < -0.3 is 10.1 Å². The number of hydrogen-bond donors (Lipinski definition) is 1. The molecule has 134 valence electrons. The summed E-state index contributed by atoms with van der Waals surface area (Å²) in [7, 11) is 0. The Labute approximate surface area is 149 Å². The van der Waals surface area contributed by atoms with Crippen molar-refractivity contribution in [3.8, 4) is 0 Å². The second-order valence-electron chi connectivity index (χ2n) is 7.03. The minimum absolute atomic E-state index is 0.0337. The molecule has 1 amide bonds. The standard InChI is InChI=1S/C20H27N3O2/c1-15(2)19-18(20(24)21-11-17-9-6-10-25-14-17)12-22-23(19)13-16-7-4-3-5-8-16/h3-5,7-8,12,15,17H,6,9-11,13-14H2,1-2H3,(H,21,24)/t17-/m0/s1. The zero-order chi connectivity index (χ0) is 17.6. The molecule has 0 aliphatic carbocycles. The summed E-state index contributed by atoms with van der Waals surface area (Å²) >= 11 is 0. The van der Waals surface area contributed by atoms with Gasteiger partial charge in [-0.25, -0.2) is 0 Å². The fourth-order valence-corrected chi connectivity index (χ4v) is 3.36. The molecular weight excluding hydrogens is 314 g/mol. The summed E-state index contributed by atoms with van der Waals surface area (Å²) < 4.78 is 7.43. The fraction of sp³-hybridized carbons (Fsp3) is 0.500. The van der Waals surface area contributed by atoms with E-state index >= 15 is 0 Å². The van der Waals surface area contributed by atoms with E-state index in [-0.39, 0.29) is 11.8 Å². The van der Waals surface area contributed by atoms with Crippen LogP contribution in [0.3, 0.4) is 0 Å². The van der Waals surface area contributed by atoms with E-state index in [0.717, 1.165) is 31.7 Å². The average molecular weight is 341 g/mol. The van der Waals surface area contributed by atoms with Crippen molar-refractivity contribution in [2.75, 3.05) is 19.8 Å². The zero-order valence-corrected chi connectivity index (χ0v) is 15.1. The van der Waals surface area contributed by atoms with Crippen LogP contribution in [-0.4, -0.2) is 35.4 Å². The molecule has 25 heavy (non-hydrogen) atoms. The summed E-state index contributed by atoms with van der Waals surface area (Å²) in [6.45, 7) is 7.13. The third kappa shape index (κ3) is 4.48. The lowest BCUT2D eigenvalue weighted by Gasteiger charge is -2.22.